The minimum absolute atomic E-state index is 0.131. The molecule has 2 aromatic heterocycles. The average Bonchev–Trinajstić information content (AvgIpc) is 3.15. The van der Waals surface area contributed by atoms with Gasteiger partial charge in [0.25, 0.3) is 0 Å². The molecule has 0 aliphatic rings. The molecule has 4 heteroatoms. The Bertz CT molecular complexity index is 1010. The highest BCUT2D eigenvalue weighted by Gasteiger charge is 2.20. The predicted octanol–water partition coefficient (Wildman–Crippen LogP) is 5.51. The lowest BCUT2D eigenvalue weighted by molar-refractivity contribution is 0.472. The lowest BCUT2D eigenvalue weighted by Gasteiger charge is -2.21. The topological polar surface area (TPSA) is 45.2 Å². The summed E-state index contributed by atoms with van der Waals surface area (Å²) in [7, 11) is 0. The number of hydrogen-bond donors (Lipinski definition) is 2. The Hall–Kier alpha value is -2.85. The molecule has 0 bridgehead atoms. The SMILES string of the molecule is Cc1cccc(NC(c2cccs2)c2ccc3cccnc3c2O)c1. The number of anilines is 1. The van der Waals surface area contributed by atoms with E-state index in [0.29, 0.717) is 5.52 Å². The fourth-order valence-corrected chi connectivity index (χ4v) is 3.83. The van der Waals surface area contributed by atoms with Gasteiger partial charge in [0, 0.05) is 27.7 Å². The van der Waals surface area contributed by atoms with Gasteiger partial charge in [0.2, 0.25) is 0 Å². The average molecular weight is 346 g/mol. The van der Waals surface area contributed by atoms with E-state index in [-0.39, 0.29) is 11.8 Å². The molecule has 0 spiro atoms. The Morgan fingerprint density at radius 3 is 2.76 bits per heavy atom. The molecule has 4 aromatic rings. The van der Waals surface area contributed by atoms with Crippen molar-refractivity contribution in [3.8, 4) is 5.75 Å². The van der Waals surface area contributed by atoms with E-state index >= 15 is 0 Å². The van der Waals surface area contributed by atoms with Gasteiger partial charge in [0.15, 0.2) is 0 Å². The standard InChI is InChI=1S/C21H18N2OS/c1-14-5-2-7-16(13-14)23-20(18-8-4-12-25-18)17-10-9-15-6-3-11-22-19(15)21(17)24/h2-13,20,23-24H,1H3. The van der Waals surface area contributed by atoms with Crippen molar-refractivity contribution < 1.29 is 5.11 Å². The highest BCUT2D eigenvalue weighted by atomic mass is 32.1. The number of nitrogens with one attached hydrogen (secondary N) is 1. The predicted molar refractivity (Wildman–Crippen MR) is 104 cm³/mol. The summed E-state index contributed by atoms with van der Waals surface area (Å²) in [5.41, 5.74) is 3.68. The van der Waals surface area contributed by atoms with Crippen LogP contribution in [0.2, 0.25) is 0 Å². The maximum absolute atomic E-state index is 10.9. The Labute approximate surface area is 150 Å². The van der Waals surface area contributed by atoms with E-state index in [9.17, 15) is 5.11 Å². The fraction of sp³-hybridized carbons (Fsp3) is 0.0952. The van der Waals surface area contributed by atoms with Crippen LogP contribution in [0, 0.1) is 6.92 Å². The van der Waals surface area contributed by atoms with Crippen LogP contribution in [0.15, 0.2) is 72.2 Å². The summed E-state index contributed by atoms with van der Waals surface area (Å²) < 4.78 is 0. The smallest absolute Gasteiger partial charge is 0.147 e. The minimum Gasteiger partial charge on any atom is -0.505 e. The second-order valence-electron chi connectivity index (χ2n) is 6.04. The van der Waals surface area contributed by atoms with E-state index in [1.165, 1.54) is 5.56 Å². The highest BCUT2D eigenvalue weighted by molar-refractivity contribution is 7.10. The van der Waals surface area contributed by atoms with Crippen molar-refractivity contribution in [1.82, 2.24) is 4.98 Å². The molecule has 0 saturated carbocycles. The van der Waals surface area contributed by atoms with Crippen molar-refractivity contribution in [1.29, 1.82) is 0 Å². The van der Waals surface area contributed by atoms with E-state index in [0.717, 1.165) is 21.5 Å². The summed E-state index contributed by atoms with van der Waals surface area (Å²) in [6.07, 6.45) is 1.71. The molecule has 0 aliphatic carbocycles. The van der Waals surface area contributed by atoms with Crippen molar-refractivity contribution in [3.63, 3.8) is 0 Å². The van der Waals surface area contributed by atoms with E-state index < -0.39 is 0 Å². The number of fused-ring (bicyclic) bond motifs is 1. The first-order valence-electron chi connectivity index (χ1n) is 8.15. The third-order valence-corrected chi connectivity index (χ3v) is 5.18. The molecule has 1 atom stereocenters. The molecule has 124 valence electrons. The summed E-state index contributed by atoms with van der Waals surface area (Å²) in [6.45, 7) is 2.07. The maximum Gasteiger partial charge on any atom is 0.147 e. The lowest BCUT2D eigenvalue weighted by atomic mass is 10.0. The van der Waals surface area contributed by atoms with Gasteiger partial charge in [0.05, 0.1) is 6.04 Å². The fourth-order valence-electron chi connectivity index (χ4n) is 3.04. The molecule has 25 heavy (non-hydrogen) atoms. The number of phenolic OH excluding ortho intramolecular Hbond substituents is 1. The number of aromatic nitrogens is 1. The zero-order chi connectivity index (χ0) is 17.2. The third-order valence-electron chi connectivity index (χ3n) is 4.25. The van der Waals surface area contributed by atoms with Crippen molar-refractivity contribution in [3.05, 3.63) is 88.2 Å². The van der Waals surface area contributed by atoms with Crippen molar-refractivity contribution in [2.24, 2.45) is 0 Å². The van der Waals surface area contributed by atoms with E-state index in [1.54, 1.807) is 17.5 Å². The number of benzene rings is 2. The highest BCUT2D eigenvalue weighted by Crippen LogP contribution is 2.37. The van der Waals surface area contributed by atoms with Gasteiger partial charge >= 0.3 is 0 Å². The Kier molecular flexibility index (Phi) is 4.12. The van der Waals surface area contributed by atoms with Gasteiger partial charge < -0.3 is 10.4 Å². The molecular formula is C21H18N2OS. The lowest BCUT2D eigenvalue weighted by Crippen LogP contribution is -2.11. The number of thiophene rings is 1. The number of hydrogen-bond acceptors (Lipinski definition) is 4. The zero-order valence-corrected chi connectivity index (χ0v) is 14.6. The van der Waals surface area contributed by atoms with Crippen molar-refractivity contribution in [2.45, 2.75) is 13.0 Å². The van der Waals surface area contributed by atoms with Crippen molar-refractivity contribution >= 4 is 27.9 Å². The van der Waals surface area contributed by atoms with Gasteiger partial charge in [-0.3, -0.25) is 4.98 Å². The molecule has 0 radical (unpaired) electrons. The Morgan fingerprint density at radius 1 is 1.04 bits per heavy atom. The Balaban J connectivity index is 1.83. The van der Waals surface area contributed by atoms with Crippen LogP contribution in [-0.4, -0.2) is 10.1 Å². The van der Waals surface area contributed by atoms with Gasteiger partial charge in [-0.1, -0.05) is 36.4 Å². The molecule has 1 unspecified atom stereocenters. The normalized spacial score (nSPS) is 12.2. The first kappa shape index (κ1) is 15.7. The number of pyridine rings is 1. The number of phenols is 1. The van der Waals surface area contributed by atoms with Gasteiger partial charge in [-0.15, -0.1) is 11.3 Å². The molecule has 0 amide bonds. The largest absolute Gasteiger partial charge is 0.505 e. The third kappa shape index (κ3) is 3.08. The van der Waals surface area contributed by atoms with Gasteiger partial charge in [-0.2, -0.15) is 0 Å². The number of aromatic hydroxyl groups is 1. The molecule has 2 heterocycles. The maximum atomic E-state index is 10.9. The first-order chi connectivity index (χ1) is 12.2. The minimum atomic E-state index is -0.131. The van der Waals surface area contributed by atoms with Crippen LogP contribution in [0.1, 0.15) is 22.0 Å². The van der Waals surface area contributed by atoms with Crippen LogP contribution in [0.25, 0.3) is 10.9 Å². The van der Waals surface area contributed by atoms with Gasteiger partial charge in [0.1, 0.15) is 11.3 Å². The molecule has 0 saturated heterocycles. The summed E-state index contributed by atoms with van der Waals surface area (Å²) in [6, 6.07) is 20.1. The Morgan fingerprint density at radius 2 is 1.96 bits per heavy atom. The summed E-state index contributed by atoms with van der Waals surface area (Å²) in [4.78, 5) is 5.50. The molecule has 3 nitrogen and oxygen atoms in total. The molecule has 0 fully saturated rings. The second kappa shape index (κ2) is 6.57. The summed E-state index contributed by atoms with van der Waals surface area (Å²) >= 11 is 1.67. The number of aryl methyl sites for hydroxylation is 1. The van der Waals surface area contributed by atoms with Crippen LogP contribution in [0.4, 0.5) is 5.69 Å². The van der Waals surface area contributed by atoms with Gasteiger partial charge in [-0.05, 0) is 42.1 Å². The van der Waals surface area contributed by atoms with Crippen LogP contribution in [0.3, 0.4) is 0 Å². The van der Waals surface area contributed by atoms with Crippen LogP contribution in [-0.2, 0) is 0 Å². The molecule has 2 N–H and O–H groups in total. The first-order valence-corrected chi connectivity index (χ1v) is 9.03. The molecule has 4 rings (SSSR count). The second-order valence-corrected chi connectivity index (χ2v) is 7.02. The van der Waals surface area contributed by atoms with Crippen LogP contribution < -0.4 is 5.32 Å². The monoisotopic (exact) mass is 346 g/mol. The molecular weight excluding hydrogens is 328 g/mol. The quantitative estimate of drug-likeness (QED) is 0.512. The zero-order valence-electron chi connectivity index (χ0n) is 13.8. The summed E-state index contributed by atoms with van der Waals surface area (Å²) in [5, 5.41) is 17.4. The van der Waals surface area contributed by atoms with E-state index in [2.05, 4.69) is 40.8 Å². The van der Waals surface area contributed by atoms with E-state index in [1.807, 2.05) is 42.5 Å². The number of rotatable bonds is 4. The van der Waals surface area contributed by atoms with Gasteiger partial charge in [-0.25, -0.2) is 0 Å². The van der Waals surface area contributed by atoms with Crippen LogP contribution in [0.5, 0.6) is 5.75 Å². The molecule has 2 aromatic carbocycles. The van der Waals surface area contributed by atoms with E-state index in [4.69, 9.17) is 0 Å². The molecule has 0 aliphatic heterocycles. The number of nitrogens with zero attached hydrogens (tertiary/aromatic N) is 1. The summed E-state index contributed by atoms with van der Waals surface area (Å²) in [5.74, 6) is 0.233. The van der Waals surface area contributed by atoms with Crippen molar-refractivity contribution in [2.75, 3.05) is 5.32 Å². The van der Waals surface area contributed by atoms with Crippen LogP contribution >= 0.6 is 11.3 Å².